The van der Waals surface area contributed by atoms with Crippen LogP contribution in [-0.2, 0) is 4.79 Å². The fraction of sp³-hybridized carbons (Fsp3) is 0.286. The Bertz CT molecular complexity index is 631. The zero-order valence-corrected chi connectivity index (χ0v) is 10.9. The van der Waals surface area contributed by atoms with Crippen molar-refractivity contribution in [3.8, 4) is 0 Å². The lowest BCUT2D eigenvalue weighted by molar-refractivity contribution is -0.123. The van der Waals surface area contributed by atoms with Crippen LogP contribution in [0.5, 0.6) is 0 Å². The minimum Gasteiger partial charge on any atom is -0.478 e. The number of aromatic nitrogens is 1. The van der Waals surface area contributed by atoms with Crippen LogP contribution in [0.25, 0.3) is 10.9 Å². The standard InChI is InChI=1S/C14H16N2O3/c1-3-15-13(17)9(2)16-8-7-10-11(14(18)19)5-4-6-12(10)16/h4-9H,3H2,1-2H3,(H,15,17)(H,18,19). The van der Waals surface area contributed by atoms with E-state index in [0.717, 1.165) is 5.52 Å². The molecule has 5 heteroatoms. The Morgan fingerprint density at radius 3 is 2.74 bits per heavy atom. The van der Waals surface area contributed by atoms with Crippen LogP contribution in [-0.4, -0.2) is 28.1 Å². The summed E-state index contributed by atoms with van der Waals surface area (Å²) in [6.07, 6.45) is 1.75. The first-order chi connectivity index (χ1) is 9.06. The van der Waals surface area contributed by atoms with Gasteiger partial charge in [-0.3, -0.25) is 4.79 Å². The number of nitrogens with one attached hydrogen (secondary N) is 1. The molecule has 1 atom stereocenters. The van der Waals surface area contributed by atoms with Gasteiger partial charge in [0.2, 0.25) is 5.91 Å². The summed E-state index contributed by atoms with van der Waals surface area (Å²) in [5.41, 5.74) is 0.998. The second kappa shape index (κ2) is 5.14. The molecular formula is C14H16N2O3. The molecule has 0 radical (unpaired) electrons. The van der Waals surface area contributed by atoms with Crippen LogP contribution in [0.3, 0.4) is 0 Å². The lowest BCUT2D eigenvalue weighted by Crippen LogP contribution is -2.30. The summed E-state index contributed by atoms with van der Waals surface area (Å²) in [5, 5.41) is 12.5. The molecule has 1 unspecified atom stereocenters. The van der Waals surface area contributed by atoms with Crippen LogP contribution in [0.4, 0.5) is 0 Å². The summed E-state index contributed by atoms with van der Waals surface area (Å²) in [5.74, 6) is -1.05. The van der Waals surface area contributed by atoms with E-state index >= 15 is 0 Å². The Balaban J connectivity index is 2.49. The monoisotopic (exact) mass is 260 g/mol. The van der Waals surface area contributed by atoms with Gasteiger partial charge in [-0.05, 0) is 32.0 Å². The molecule has 2 N–H and O–H groups in total. The molecule has 19 heavy (non-hydrogen) atoms. The number of amides is 1. The lowest BCUT2D eigenvalue weighted by Gasteiger charge is -2.14. The molecule has 1 amide bonds. The first-order valence-electron chi connectivity index (χ1n) is 6.16. The topological polar surface area (TPSA) is 71.3 Å². The Hall–Kier alpha value is -2.30. The number of aromatic carboxylic acids is 1. The van der Waals surface area contributed by atoms with Gasteiger partial charge in [0.25, 0.3) is 0 Å². The van der Waals surface area contributed by atoms with Gasteiger partial charge in [0.05, 0.1) is 5.56 Å². The van der Waals surface area contributed by atoms with E-state index < -0.39 is 5.97 Å². The fourth-order valence-corrected chi connectivity index (χ4v) is 2.16. The van der Waals surface area contributed by atoms with Gasteiger partial charge in [0.15, 0.2) is 0 Å². The van der Waals surface area contributed by atoms with Crippen LogP contribution in [0.15, 0.2) is 30.5 Å². The molecule has 1 heterocycles. The minimum absolute atomic E-state index is 0.0827. The molecule has 0 aliphatic heterocycles. The Morgan fingerprint density at radius 1 is 1.37 bits per heavy atom. The highest BCUT2D eigenvalue weighted by Gasteiger charge is 2.17. The summed E-state index contributed by atoms with van der Waals surface area (Å²) in [7, 11) is 0. The molecule has 0 spiro atoms. The highest BCUT2D eigenvalue weighted by atomic mass is 16.4. The number of rotatable bonds is 4. The normalized spacial score (nSPS) is 12.3. The van der Waals surface area contributed by atoms with Crippen molar-refractivity contribution >= 4 is 22.8 Å². The Kier molecular flexibility index (Phi) is 3.55. The molecule has 0 saturated carbocycles. The molecule has 2 rings (SSSR count). The van der Waals surface area contributed by atoms with Crippen LogP contribution < -0.4 is 5.32 Å². The van der Waals surface area contributed by atoms with E-state index in [4.69, 9.17) is 5.11 Å². The first kappa shape index (κ1) is 13.1. The van der Waals surface area contributed by atoms with Crippen molar-refractivity contribution in [3.05, 3.63) is 36.0 Å². The Labute approximate surface area is 110 Å². The zero-order chi connectivity index (χ0) is 14.0. The molecule has 0 saturated heterocycles. The molecule has 0 fully saturated rings. The number of benzene rings is 1. The van der Waals surface area contributed by atoms with Crippen molar-refractivity contribution in [1.29, 1.82) is 0 Å². The highest BCUT2D eigenvalue weighted by Crippen LogP contribution is 2.23. The van der Waals surface area contributed by atoms with Gasteiger partial charge in [0, 0.05) is 23.6 Å². The molecule has 5 nitrogen and oxygen atoms in total. The number of carbonyl (C=O) groups excluding carboxylic acids is 1. The zero-order valence-electron chi connectivity index (χ0n) is 10.9. The van der Waals surface area contributed by atoms with Gasteiger partial charge < -0.3 is 15.0 Å². The average molecular weight is 260 g/mol. The van der Waals surface area contributed by atoms with Crippen molar-refractivity contribution in [2.24, 2.45) is 0 Å². The maximum Gasteiger partial charge on any atom is 0.336 e. The number of fused-ring (bicyclic) bond motifs is 1. The van der Waals surface area contributed by atoms with E-state index in [0.29, 0.717) is 11.9 Å². The molecule has 0 bridgehead atoms. The predicted molar refractivity (Wildman–Crippen MR) is 72.3 cm³/mol. The average Bonchev–Trinajstić information content (AvgIpc) is 2.81. The summed E-state index contributed by atoms with van der Waals surface area (Å²) in [4.78, 5) is 23.0. The third kappa shape index (κ3) is 2.31. The van der Waals surface area contributed by atoms with Crippen LogP contribution >= 0.6 is 0 Å². The lowest BCUT2D eigenvalue weighted by atomic mass is 10.1. The van der Waals surface area contributed by atoms with E-state index in [1.807, 2.05) is 13.0 Å². The van der Waals surface area contributed by atoms with Crippen molar-refractivity contribution in [2.75, 3.05) is 6.54 Å². The number of hydrogen-bond donors (Lipinski definition) is 2. The van der Waals surface area contributed by atoms with Crippen LogP contribution in [0.1, 0.15) is 30.2 Å². The van der Waals surface area contributed by atoms with E-state index in [1.165, 1.54) is 0 Å². The third-order valence-corrected chi connectivity index (χ3v) is 3.14. The predicted octanol–water partition coefficient (Wildman–Crippen LogP) is 2.04. The van der Waals surface area contributed by atoms with Gasteiger partial charge in [0.1, 0.15) is 6.04 Å². The molecule has 1 aromatic carbocycles. The van der Waals surface area contributed by atoms with Crippen LogP contribution in [0, 0.1) is 0 Å². The maximum absolute atomic E-state index is 11.9. The number of hydrogen-bond acceptors (Lipinski definition) is 2. The van der Waals surface area contributed by atoms with Crippen molar-refractivity contribution in [2.45, 2.75) is 19.9 Å². The Morgan fingerprint density at radius 2 is 2.11 bits per heavy atom. The minimum atomic E-state index is -0.964. The summed E-state index contributed by atoms with van der Waals surface area (Å²) in [6, 6.07) is 6.42. The molecule has 2 aromatic rings. The highest BCUT2D eigenvalue weighted by molar-refractivity contribution is 6.03. The number of likely N-dealkylation sites (N-methyl/N-ethyl adjacent to an activating group) is 1. The van der Waals surface area contributed by atoms with Crippen molar-refractivity contribution < 1.29 is 14.7 Å². The largest absolute Gasteiger partial charge is 0.478 e. The second-order valence-corrected chi connectivity index (χ2v) is 4.34. The van der Waals surface area contributed by atoms with Gasteiger partial charge in [-0.25, -0.2) is 4.79 Å². The van der Waals surface area contributed by atoms with Gasteiger partial charge in [-0.1, -0.05) is 6.07 Å². The number of carboxylic acid groups (broad SMARTS) is 1. The van der Waals surface area contributed by atoms with E-state index in [2.05, 4.69) is 5.32 Å². The van der Waals surface area contributed by atoms with Gasteiger partial charge >= 0.3 is 5.97 Å². The SMILES string of the molecule is CCNC(=O)C(C)n1ccc2c(C(=O)O)cccc21. The third-order valence-electron chi connectivity index (χ3n) is 3.14. The van der Waals surface area contributed by atoms with E-state index in [1.54, 1.807) is 35.9 Å². The summed E-state index contributed by atoms with van der Waals surface area (Å²) < 4.78 is 1.78. The smallest absolute Gasteiger partial charge is 0.336 e. The number of carbonyl (C=O) groups is 2. The molecular weight excluding hydrogens is 244 g/mol. The van der Waals surface area contributed by atoms with Crippen molar-refractivity contribution in [1.82, 2.24) is 9.88 Å². The van der Waals surface area contributed by atoms with E-state index in [9.17, 15) is 9.59 Å². The number of carboxylic acids is 1. The van der Waals surface area contributed by atoms with Crippen molar-refractivity contribution in [3.63, 3.8) is 0 Å². The van der Waals surface area contributed by atoms with Gasteiger partial charge in [-0.2, -0.15) is 0 Å². The summed E-state index contributed by atoms with van der Waals surface area (Å²) >= 11 is 0. The van der Waals surface area contributed by atoms with Gasteiger partial charge in [-0.15, -0.1) is 0 Å². The molecule has 0 aliphatic rings. The second-order valence-electron chi connectivity index (χ2n) is 4.34. The molecule has 100 valence electrons. The maximum atomic E-state index is 11.9. The molecule has 0 aliphatic carbocycles. The van der Waals surface area contributed by atoms with Crippen LogP contribution in [0.2, 0.25) is 0 Å². The quantitative estimate of drug-likeness (QED) is 0.883. The number of nitrogens with zero attached hydrogens (tertiary/aromatic N) is 1. The fourth-order valence-electron chi connectivity index (χ4n) is 2.16. The summed E-state index contributed by atoms with van der Waals surface area (Å²) in [6.45, 7) is 4.22. The van der Waals surface area contributed by atoms with E-state index in [-0.39, 0.29) is 17.5 Å². The molecule has 1 aromatic heterocycles. The first-order valence-corrected chi connectivity index (χ1v) is 6.16.